The Morgan fingerprint density at radius 2 is 2.24 bits per heavy atom. The van der Waals surface area contributed by atoms with Gasteiger partial charge in [0.2, 0.25) is 0 Å². The Balaban J connectivity index is 0.00000144. The lowest BCUT2D eigenvalue weighted by atomic mass is 10.1. The van der Waals surface area contributed by atoms with Crippen molar-refractivity contribution in [2.24, 2.45) is 11.7 Å². The second-order valence-corrected chi connectivity index (χ2v) is 4.52. The predicted molar refractivity (Wildman–Crippen MR) is 71.5 cm³/mol. The highest BCUT2D eigenvalue weighted by molar-refractivity contribution is 5.94. The van der Waals surface area contributed by atoms with E-state index >= 15 is 0 Å². The van der Waals surface area contributed by atoms with Gasteiger partial charge in [-0.1, -0.05) is 17.7 Å². The quantitative estimate of drug-likeness (QED) is 0.862. The van der Waals surface area contributed by atoms with Crippen molar-refractivity contribution in [3.05, 3.63) is 35.4 Å². The van der Waals surface area contributed by atoms with Gasteiger partial charge in [-0.05, 0) is 37.8 Å². The summed E-state index contributed by atoms with van der Waals surface area (Å²) in [6, 6.07) is 7.77. The van der Waals surface area contributed by atoms with Crippen LogP contribution in [0.1, 0.15) is 28.8 Å². The Kier molecular flexibility index (Phi) is 4.97. The molecule has 94 valence electrons. The fourth-order valence-corrected chi connectivity index (χ4v) is 1.91. The van der Waals surface area contributed by atoms with Gasteiger partial charge in [-0.2, -0.15) is 0 Å². The van der Waals surface area contributed by atoms with Crippen LogP contribution in [0.2, 0.25) is 0 Å². The minimum atomic E-state index is -0.00829. The number of halogens is 1. The van der Waals surface area contributed by atoms with Gasteiger partial charge in [-0.15, -0.1) is 12.4 Å². The average Bonchev–Trinajstić information content (AvgIpc) is 3.09. The van der Waals surface area contributed by atoms with Crippen molar-refractivity contribution >= 4 is 18.3 Å². The van der Waals surface area contributed by atoms with Crippen molar-refractivity contribution < 1.29 is 4.79 Å². The number of hydrogen-bond donors (Lipinski definition) is 2. The minimum Gasteiger partial charge on any atom is -0.348 e. The summed E-state index contributed by atoms with van der Waals surface area (Å²) in [6.45, 7) is 2.51. The molecule has 1 aliphatic carbocycles. The number of nitrogens with one attached hydrogen (secondary N) is 1. The third-order valence-corrected chi connectivity index (χ3v) is 3.04. The van der Waals surface area contributed by atoms with Gasteiger partial charge in [-0.3, -0.25) is 4.79 Å². The molecule has 0 spiro atoms. The van der Waals surface area contributed by atoms with Crippen LogP contribution in [0.3, 0.4) is 0 Å². The monoisotopic (exact) mass is 254 g/mol. The third-order valence-electron chi connectivity index (χ3n) is 3.04. The molecule has 0 bridgehead atoms. The maximum Gasteiger partial charge on any atom is 0.251 e. The molecule has 1 atom stereocenters. The summed E-state index contributed by atoms with van der Waals surface area (Å²) in [4.78, 5) is 11.9. The lowest BCUT2D eigenvalue weighted by Gasteiger charge is -2.16. The van der Waals surface area contributed by atoms with Gasteiger partial charge in [0, 0.05) is 18.2 Å². The molecule has 4 heteroatoms. The molecule has 0 aliphatic heterocycles. The molecule has 1 aromatic rings. The molecule has 1 saturated carbocycles. The van der Waals surface area contributed by atoms with Crippen molar-refractivity contribution in [2.75, 3.05) is 6.54 Å². The van der Waals surface area contributed by atoms with Crippen LogP contribution in [0.15, 0.2) is 24.3 Å². The number of carbonyl (C=O) groups is 1. The molecule has 17 heavy (non-hydrogen) atoms. The number of hydrogen-bond acceptors (Lipinski definition) is 2. The predicted octanol–water partition coefficient (Wildman–Crippen LogP) is 1.88. The number of aryl methyl sites for hydroxylation is 1. The topological polar surface area (TPSA) is 55.1 Å². The highest BCUT2D eigenvalue weighted by atomic mass is 35.5. The summed E-state index contributed by atoms with van der Waals surface area (Å²) < 4.78 is 0. The summed E-state index contributed by atoms with van der Waals surface area (Å²) in [5.41, 5.74) is 7.48. The minimum absolute atomic E-state index is 0. The van der Waals surface area contributed by atoms with Crippen LogP contribution in [0.25, 0.3) is 0 Å². The summed E-state index contributed by atoms with van der Waals surface area (Å²) in [6.07, 6.45) is 2.38. The molecule has 0 radical (unpaired) electrons. The Bertz CT molecular complexity index is 391. The molecule has 0 saturated heterocycles. The van der Waals surface area contributed by atoms with Crippen LogP contribution in [-0.2, 0) is 0 Å². The zero-order valence-corrected chi connectivity index (χ0v) is 10.8. The number of rotatable bonds is 4. The Labute approximate surface area is 108 Å². The van der Waals surface area contributed by atoms with Gasteiger partial charge in [-0.25, -0.2) is 0 Å². The van der Waals surface area contributed by atoms with Gasteiger partial charge in [0.25, 0.3) is 5.91 Å². The lowest BCUT2D eigenvalue weighted by molar-refractivity contribution is 0.0933. The lowest BCUT2D eigenvalue weighted by Crippen LogP contribution is -2.41. The van der Waals surface area contributed by atoms with E-state index in [0.717, 1.165) is 11.1 Å². The first-order valence-corrected chi connectivity index (χ1v) is 5.78. The van der Waals surface area contributed by atoms with Gasteiger partial charge >= 0.3 is 0 Å². The third kappa shape index (κ3) is 3.72. The summed E-state index contributed by atoms with van der Waals surface area (Å²) in [5.74, 6) is 0.588. The van der Waals surface area contributed by atoms with Gasteiger partial charge < -0.3 is 11.1 Å². The van der Waals surface area contributed by atoms with Crippen LogP contribution in [0, 0.1) is 12.8 Å². The second kappa shape index (κ2) is 6.03. The van der Waals surface area contributed by atoms with Crippen LogP contribution >= 0.6 is 12.4 Å². The fraction of sp³-hybridized carbons (Fsp3) is 0.462. The number of carbonyl (C=O) groups excluding carboxylic acids is 1. The number of amides is 1. The Hall–Kier alpha value is -1.06. The molecule has 1 aliphatic rings. The second-order valence-electron chi connectivity index (χ2n) is 4.52. The molecule has 0 aromatic heterocycles. The Morgan fingerprint density at radius 1 is 1.53 bits per heavy atom. The normalized spacial score (nSPS) is 15.9. The largest absolute Gasteiger partial charge is 0.348 e. The van der Waals surface area contributed by atoms with E-state index in [1.165, 1.54) is 12.8 Å². The van der Waals surface area contributed by atoms with E-state index in [2.05, 4.69) is 5.32 Å². The van der Waals surface area contributed by atoms with Crippen molar-refractivity contribution in [3.8, 4) is 0 Å². The smallest absolute Gasteiger partial charge is 0.251 e. The molecule has 3 nitrogen and oxygen atoms in total. The maximum absolute atomic E-state index is 11.9. The summed E-state index contributed by atoms with van der Waals surface area (Å²) in [5, 5.41) is 3.01. The van der Waals surface area contributed by atoms with E-state index in [9.17, 15) is 4.79 Å². The maximum atomic E-state index is 11.9. The molecule has 1 fully saturated rings. The van der Waals surface area contributed by atoms with E-state index in [-0.39, 0.29) is 24.4 Å². The molecule has 0 heterocycles. The van der Waals surface area contributed by atoms with Gasteiger partial charge in [0.15, 0.2) is 0 Å². The first-order chi connectivity index (χ1) is 7.70. The van der Waals surface area contributed by atoms with E-state index in [4.69, 9.17) is 5.73 Å². The standard InChI is InChI=1S/C13H18N2O.ClH/c1-9-3-2-4-11(7-9)13(16)15-12(8-14)10-5-6-10;/h2-4,7,10,12H,5-6,8,14H2,1H3,(H,15,16);1H. The van der Waals surface area contributed by atoms with Crippen molar-refractivity contribution in [1.82, 2.24) is 5.32 Å². The van der Waals surface area contributed by atoms with Crippen LogP contribution in [-0.4, -0.2) is 18.5 Å². The van der Waals surface area contributed by atoms with E-state index in [1.54, 1.807) is 0 Å². The highest BCUT2D eigenvalue weighted by Crippen LogP contribution is 2.32. The van der Waals surface area contributed by atoms with E-state index < -0.39 is 0 Å². The molecule has 2 rings (SSSR count). The first kappa shape index (κ1) is 14.0. The average molecular weight is 255 g/mol. The van der Waals surface area contributed by atoms with Crippen molar-refractivity contribution in [1.29, 1.82) is 0 Å². The number of nitrogens with two attached hydrogens (primary N) is 1. The number of benzene rings is 1. The molecule has 3 N–H and O–H groups in total. The van der Waals surface area contributed by atoms with Crippen molar-refractivity contribution in [3.63, 3.8) is 0 Å². The van der Waals surface area contributed by atoms with E-state index in [1.807, 2.05) is 31.2 Å². The SMILES string of the molecule is Cc1cccc(C(=O)NC(CN)C2CC2)c1.Cl. The van der Waals surface area contributed by atoms with Gasteiger partial charge in [0.05, 0.1) is 0 Å². The summed E-state index contributed by atoms with van der Waals surface area (Å²) >= 11 is 0. The zero-order valence-electron chi connectivity index (χ0n) is 9.98. The highest BCUT2D eigenvalue weighted by Gasteiger charge is 2.31. The molecule has 1 unspecified atom stereocenters. The van der Waals surface area contributed by atoms with Gasteiger partial charge in [0.1, 0.15) is 0 Å². The molecular weight excluding hydrogens is 236 g/mol. The Morgan fingerprint density at radius 3 is 2.76 bits per heavy atom. The van der Waals surface area contributed by atoms with Crippen molar-refractivity contribution in [2.45, 2.75) is 25.8 Å². The molecule has 1 amide bonds. The van der Waals surface area contributed by atoms with Crippen LogP contribution < -0.4 is 11.1 Å². The first-order valence-electron chi connectivity index (χ1n) is 5.78. The zero-order chi connectivity index (χ0) is 11.5. The van der Waals surface area contributed by atoms with Crippen LogP contribution in [0.5, 0.6) is 0 Å². The molecule has 1 aromatic carbocycles. The summed E-state index contributed by atoms with van der Waals surface area (Å²) in [7, 11) is 0. The fourth-order valence-electron chi connectivity index (χ4n) is 1.91. The molecular formula is C13H19ClN2O. The van der Waals surface area contributed by atoms with Crippen LogP contribution in [0.4, 0.5) is 0 Å². The van der Waals surface area contributed by atoms with E-state index in [0.29, 0.717) is 12.5 Å².